The lowest BCUT2D eigenvalue weighted by Gasteiger charge is -2.37. The van der Waals surface area contributed by atoms with Crippen LogP contribution in [0.4, 0.5) is 4.79 Å². The summed E-state index contributed by atoms with van der Waals surface area (Å²) in [6.45, 7) is 12.0. The van der Waals surface area contributed by atoms with Crippen LogP contribution in [0.2, 0.25) is 0 Å². The molecule has 10 nitrogen and oxygen atoms in total. The maximum absolute atomic E-state index is 13.7. The molecule has 34 heavy (non-hydrogen) atoms. The van der Waals surface area contributed by atoms with Crippen LogP contribution < -0.4 is 21.7 Å². The zero-order valence-electron chi connectivity index (χ0n) is 21.1. The number of urea groups is 1. The van der Waals surface area contributed by atoms with E-state index < -0.39 is 47.2 Å². The molecule has 0 aromatic carbocycles. The predicted molar refractivity (Wildman–Crippen MR) is 125 cm³/mol. The Hall–Kier alpha value is -2.65. The Balaban J connectivity index is 1.81. The Morgan fingerprint density at radius 1 is 1.09 bits per heavy atom. The monoisotopic (exact) mass is 477 g/mol. The van der Waals surface area contributed by atoms with E-state index in [4.69, 9.17) is 5.73 Å². The van der Waals surface area contributed by atoms with E-state index in [1.807, 2.05) is 27.7 Å². The van der Waals surface area contributed by atoms with Crippen molar-refractivity contribution in [3.63, 3.8) is 0 Å². The SMILES string of the molecule is CCCC(NC(=O)[C@@H]1[C@@H]2[C@H](CN1C(=O)[C@@H](NC(=O)NC1CC1)C(C)(C)C)C2(C)C)C(=O)C(N)=O. The van der Waals surface area contributed by atoms with Crippen molar-refractivity contribution >= 4 is 29.5 Å². The van der Waals surface area contributed by atoms with Crippen LogP contribution >= 0.6 is 0 Å². The largest absolute Gasteiger partial charge is 0.363 e. The fourth-order valence-corrected chi connectivity index (χ4v) is 5.20. The number of hydrogen-bond donors (Lipinski definition) is 4. The van der Waals surface area contributed by atoms with Crippen LogP contribution in [0.15, 0.2) is 0 Å². The van der Waals surface area contributed by atoms with Gasteiger partial charge in [-0.05, 0) is 41.9 Å². The number of ketones is 1. The topological polar surface area (TPSA) is 151 Å². The summed E-state index contributed by atoms with van der Waals surface area (Å²) in [6, 6.07) is -2.88. The number of hydrogen-bond acceptors (Lipinski definition) is 5. The summed E-state index contributed by atoms with van der Waals surface area (Å²) in [5, 5.41) is 8.36. The Kier molecular flexibility index (Phi) is 7.01. The number of piperidine rings is 1. The lowest BCUT2D eigenvalue weighted by molar-refractivity contribution is -0.145. The average molecular weight is 478 g/mol. The molecule has 2 saturated carbocycles. The van der Waals surface area contributed by atoms with E-state index in [1.165, 1.54) is 0 Å². The maximum Gasteiger partial charge on any atom is 0.315 e. The Morgan fingerprint density at radius 3 is 2.21 bits per heavy atom. The molecular formula is C24H39N5O5. The number of likely N-dealkylation sites (tertiary alicyclic amines) is 1. The standard InChI is InChI=1S/C24H39N5O5/c1-7-8-14(17(30)19(25)31)27-20(32)16-15-13(24(15,5)6)11-29(16)21(33)18(23(2,3)4)28-22(34)26-12-9-10-12/h12-16,18H,7-11H2,1-6H3,(H2,25,31)(H,27,32)(H2,26,28,34)/t13-,14?,15-,16-,18+/m0/s1. The van der Waals surface area contributed by atoms with E-state index in [2.05, 4.69) is 29.8 Å². The van der Waals surface area contributed by atoms with Crippen LogP contribution in [0.3, 0.4) is 0 Å². The molecule has 5 amide bonds. The molecule has 3 fully saturated rings. The number of primary amides is 1. The summed E-state index contributed by atoms with van der Waals surface area (Å²) in [5.74, 6) is -2.65. The number of Topliss-reactive ketones (excluding diaryl/α,β-unsaturated/α-hetero) is 1. The zero-order chi connectivity index (χ0) is 25.6. The van der Waals surface area contributed by atoms with Gasteiger partial charge in [0.1, 0.15) is 12.1 Å². The van der Waals surface area contributed by atoms with Crippen molar-refractivity contribution in [2.24, 2.45) is 28.4 Å². The first-order valence-corrected chi connectivity index (χ1v) is 12.2. The van der Waals surface area contributed by atoms with Crippen molar-refractivity contribution in [3.8, 4) is 0 Å². The van der Waals surface area contributed by atoms with Gasteiger partial charge < -0.3 is 26.6 Å². The molecule has 0 radical (unpaired) electrons. The van der Waals surface area contributed by atoms with Crippen LogP contribution in [-0.2, 0) is 19.2 Å². The second-order valence-corrected chi connectivity index (χ2v) is 11.7. The van der Waals surface area contributed by atoms with Crippen LogP contribution in [0.1, 0.15) is 67.2 Å². The normalized spacial score (nSPS) is 26.6. The molecule has 5 atom stereocenters. The van der Waals surface area contributed by atoms with Gasteiger partial charge in [-0.2, -0.15) is 0 Å². The minimum absolute atomic E-state index is 0.0664. The summed E-state index contributed by atoms with van der Waals surface area (Å²) in [6.07, 6.45) is 2.70. The number of nitrogens with zero attached hydrogens (tertiary/aromatic N) is 1. The fraction of sp³-hybridized carbons (Fsp3) is 0.792. The summed E-state index contributed by atoms with van der Waals surface area (Å²) in [4.78, 5) is 64.9. The van der Waals surface area contributed by atoms with Gasteiger partial charge >= 0.3 is 6.03 Å². The average Bonchev–Trinajstić information content (AvgIpc) is 3.56. The number of rotatable bonds is 9. The molecule has 5 N–H and O–H groups in total. The lowest BCUT2D eigenvalue weighted by Crippen LogP contribution is -2.61. The number of amides is 5. The molecule has 2 aliphatic carbocycles. The molecule has 0 bridgehead atoms. The molecule has 3 aliphatic rings. The van der Waals surface area contributed by atoms with Gasteiger partial charge in [0.05, 0.1) is 6.04 Å². The molecule has 0 aromatic rings. The van der Waals surface area contributed by atoms with Crippen LogP contribution in [0.25, 0.3) is 0 Å². The zero-order valence-corrected chi connectivity index (χ0v) is 21.1. The summed E-state index contributed by atoms with van der Waals surface area (Å²) in [7, 11) is 0. The van der Waals surface area contributed by atoms with E-state index in [0.29, 0.717) is 13.0 Å². The first-order valence-electron chi connectivity index (χ1n) is 12.2. The van der Waals surface area contributed by atoms with Gasteiger partial charge in [-0.15, -0.1) is 0 Å². The lowest BCUT2D eigenvalue weighted by atomic mass is 9.85. The molecule has 0 aromatic heterocycles. The summed E-state index contributed by atoms with van der Waals surface area (Å²) >= 11 is 0. The number of fused-ring (bicyclic) bond motifs is 1. The van der Waals surface area contributed by atoms with E-state index in [0.717, 1.165) is 12.8 Å². The third-order valence-electron chi connectivity index (χ3n) is 7.51. The molecule has 3 rings (SSSR count). The van der Waals surface area contributed by atoms with Crippen molar-refractivity contribution in [1.82, 2.24) is 20.9 Å². The number of nitrogens with two attached hydrogens (primary N) is 1. The Morgan fingerprint density at radius 2 is 1.71 bits per heavy atom. The highest BCUT2D eigenvalue weighted by Crippen LogP contribution is 2.65. The van der Waals surface area contributed by atoms with Crippen molar-refractivity contribution < 1.29 is 24.0 Å². The minimum Gasteiger partial charge on any atom is -0.363 e. The highest BCUT2D eigenvalue weighted by atomic mass is 16.2. The van der Waals surface area contributed by atoms with Gasteiger partial charge in [0.2, 0.25) is 17.6 Å². The van der Waals surface area contributed by atoms with E-state index in [1.54, 1.807) is 4.90 Å². The molecule has 190 valence electrons. The van der Waals surface area contributed by atoms with Gasteiger partial charge in [-0.1, -0.05) is 48.0 Å². The van der Waals surface area contributed by atoms with Crippen molar-refractivity contribution in [3.05, 3.63) is 0 Å². The number of carbonyl (C=O) groups is 5. The van der Waals surface area contributed by atoms with Crippen LogP contribution in [0, 0.1) is 22.7 Å². The third kappa shape index (κ3) is 5.20. The molecular weight excluding hydrogens is 438 g/mol. The van der Waals surface area contributed by atoms with Gasteiger partial charge in [0, 0.05) is 12.6 Å². The quantitative estimate of drug-likeness (QED) is 0.360. The minimum atomic E-state index is -1.10. The van der Waals surface area contributed by atoms with Gasteiger partial charge in [0.25, 0.3) is 5.91 Å². The van der Waals surface area contributed by atoms with Gasteiger partial charge in [-0.3, -0.25) is 19.2 Å². The van der Waals surface area contributed by atoms with Crippen LogP contribution in [-0.4, -0.2) is 65.1 Å². The second-order valence-electron chi connectivity index (χ2n) is 11.7. The van der Waals surface area contributed by atoms with Crippen molar-refractivity contribution in [2.75, 3.05) is 6.54 Å². The van der Waals surface area contributed by atoms with Crippen LogP contribution in [0.5, 0.6) is 0 Å². The highest BCUT2D eigenvalue weighted by Gasteiger charge is 2.69. The number of carbonyl (C=O) groups excluding carboxylic acids is 5. The molecule has 1 unspecified atom stereocenters. The second kappa shape index (κ2) is 9.19. The van der Waals surface area contributed by atoms with E-state index in [-0.39, 0.29) is 35.6 Å². The smallest absolute Gasteiger partial charge is 0.315 e. The molecule has 1 saturated heterocycles. The molecule has 1 aliphatic heterocycles. The number of nitrogens with one attached hydrogen (secondary N) is 3. The predicted octanol–water partition coefficient (Wildman–Crippen LogP) is 0.685. The summed E-state index contributed by atoms with van der Waals surface area (Å²) < 4.78 is 0. The summed E-state index contributed by atoms with van der Waals surface area (Å²) in [5.41, 5.74) is 4.46. The Bertz CT molecular complexity index is 875. The first-order chi connectivity index (χ1) is 15.7. The van der Waals surface area contributed by atoms with Crippen molar-refractivity contribution in [2.45, 2.75) is 91.4 Å². The van der Waals surface area contributed by atoms with Gasteiger partial charge in [-0.25, -0.2) is 4.79 Å². The molecule has 10 heteroatoms. The van der Waals surface area contributed by atoms with E-state index >= 15 is 0 Å². The maximum atomic E-state index is 13.7. The fourth-order valence-electron chi connectivity index (χ4n) is 5.20. The van der Waals surface area contributed by atoms with E-state index in [9.17, 15) is 24.0 Å². The first kappa shape index (κ1) is 26.0. The molecule has 1 heterocycles. The third-order valence-corrected chi connectivity index (χ3v) is 7.51. The van der Waals surface area contributed by atoms with Crippen molar-refractivity contribution in [1.29, 1.82) is 0 Å². The molecule has 0 spiro atoms. The van der Waals surface area contributed by atoms with Gasteiger partial charge in [0.15, 0.2) is 0 Å². The Labute approximate surface area is 201 Å². The highest BCUT2D eigenvalue weighted by molar-refractivity contribution is 6.37.